The van der Waals surface area contributed by atoms with E-state index in [0.717, 1.165) is 13.1 Å². The van der Waals surface area contributed by atoms with E-state index in [1.807, 2.05) is 4.90 Å². The first-order chi connectivity index (χ1) is 5.08. The summed E-state index contributed by atoms with van der Waals surface area (Å²) in [4.78, 5) is 2.00. The zero-order valence-electron chi connectivity index (χ0n) is 6.10. The molecule has 2 saturated heterocycles. The number of rotatable bonds is 1. The molecular weight excluding hydrogens is 166 g/mol. The van der Waals surface area contributed by atoms with Crippen molar-refractivity contribution in [3.8, 4) is 0 Å². The normalized spacial score (nSPS) is 42.6. The van der Waals surface area contributed by atoms with Gasteiger partial charge in [-0.15, -0.1) is 0 Å². The summed E-state index contributed by atoms with van der Waals surface area (Å²) < 4.78 is 22.0. The number of aliphatic hydroxyl groups is 1. The molecule has 0 aromatic carbocycles. The first-order valence-electron chi connectivity index (χ1n) is 3.71. The molecule has 64 valence electrons. The van der Waals surface area contributed by atoms with Crippen LogP contribution in [-0.2, 0) is 9.84 Å². The minimum atomic E-state index is -2.94. The van der Waals surface area contributed by atoms with Crippen LogP contribution in [0.1, 0.15) is 0 Å². The summed E-state index contributed by atoms with van der Waals surface area (Å²) in [7, 11) is -2.94. The van der Waals surface area contributed by atoms with E-state index < -0.39 is 15.9 Å². The molecule has 11 heavy (non-hydrogen) atoms. The number of aliphatic hydroxyl groups excluding tert-OH is 1. The molecule has 2 aliphatic rings. The second-order valence-electron chi connectivity index (χ2n) is 3.25. The van der Waals surface area contributed by atoms with Crippen molar-refractivity contribution in [3.63, 3.8) is 0 Å². The van der Waals surface area contributed by atoms with Gasteiger partial charge in [0.2, 0.25) is 0 Å². The van der Waals surface area contributed by atoms with Gasteiger partial charge in [-0.25, -0.2) is 8.42 Å². The summed E-state index contributed by atoms with van der Waals surface area (Å²) in [6.07, 6.45) is -0.650. The maximum Gasteiger partial charge on any atom is 0.154 e. The Bertz CT molecular complexity index is 257. The Morgan fingerprint density at radius 3 is 2.27 bits per heavy atom. The Balaban J connectivity index is 2.13. The molecule has 2 aliphatic heterocycles. The predicted octanol–water partition coefficient (Wildman–Crippen LogP) is -1.54. The van der Waals surface area contributed by atoms with Gasteiger partial charge in [-0.1, -0.05) is 0 Å². The highest BCUT2D eigenvalue weighted by Crippen LogP contribution is 2.22. The van der Waals surface area contributed by atoms with Crippen molar-refractivity contribution in [2.45, 2.75) is 12.1 Å². The minimum Gasteiger partial charge on any atom is -0.390 e. The molecule has 0 saturated carbocycles. The van der Waals surface area contributed by atoms with E-state index in [1.54, 1.807) is 0 Å². The van der Waals surface area contributed by atoms with Crippen molar-refractivity contribution in [3.05, 3.63) is 0 Å². The standard InChI is InChI=1S/C6H11NO3S/c8-6-4-11(9,10)3-5(6)7-1-2-7/h5-6,8H,1-4H2/t5-,6-/m1/s1. The minimum absolute atomic E-state index is 0.0475. The lowest BCUT2D eigenvalue weighted by atomic mass is 10.2. The molecule has 2 fully saturated rings. The highest BCUT2D eigenvalue weighted by molar-refractivity contribution is 7.91. The van der Waals surface area contributed by atoms with Crippen LogP contribution in [0.3, 0.4) is 0 Å². The molecule has 0 radical (unpaired) electrons. The van der Waals surface area contributed by atoms with Crippen molar-refractivity contribution in [2.24, 2.45) is 0 Å². The zero-order valence-corrected chi connectivity index (χ0v) is 6.92. The fourth-order valence-corrected chi connectivity index (χ4v) is 3.38. The molecule has 1 N–H and O–H groups in total. The van der Waals surface area contributed by atoms with Crippen LogP contribution >= 0.6 is 0 Å². The van der Waals surface area contributed by atoms with E-state index in [1.165, 1.54) is 0 Å². The lowest BCUT2D eigenvalue weighted by molar-refractivity contribution is 0.140. The zero-order chi connectivity index (χ0) is 8.06. The molecule has 5 heteroatoms. The predicted molar refractivity (Wildman–Crippen MR) is 40.0 cm³/mol. The van der Waals surface area contributed by atoms with Gasteiger partial charge >= 0.3 is 0 Å². The van der Waals surface area contributed by atoms with Crippen LogP contribution in [0.5, 0.6) is 0 Å². The molecule has 4 nitrogen and oxygen atoms in total. The Morgan fingerprint density at radius 1 is 1.27 bits per heavy atom. The Labute approximate surface area is 65.7 Å². The van der Waals surface area contributed by atoms with Gasteiger partial charge < -0.3 is 5.11 Å². The third-order valence-electron chi connectivity index (χ3n) is 2.24. The van der Waals surface area contributed by atoms with Crippen LogP contribution in [0.4, 0.5) is 0 Å². The smallest absolute Gasteiger partial charge is 0.154 e. The Morgan fingerprint density at radius 2 is 1.91 bits per heavy atom. The third kappa shape index (κ3) is 1.40. The summed E-state index contributed by atoms with van der Waals surface area (Å²) in [5.41, 5.74) is 0. The summed E-state index contributed by atoms with van der Waals surface area (Å²) in [5.74, 6) is 0.0995. The van der Waals surface area contributed by atoms with E-state index in [2.05, 4.69) is 0 Å². The van der Waals surface area contributed by atoms with Gasteiger partial charge in [0.15, 0.2) is 9.84 Å². The van der Waals surface area contributed by atoms with Crippen molar-refractivity contribution < 1.29 is 13.5 Å². The van der Waals surface area contributed by atoms with Gasteiger partial charge in [0, 0.05) is 13.1 Å². The molecule has 0 aliphatic carbocycles. The fraction of sp³-hybridized carbons (Fsp3) is 1.00. The first kappa shape index (κ1) is 7.52. The maximum absolute atomic E-state index is 11.0. The van der Waals surface area contributed by atoms with Gasteiger partial charge in [0.25, 0.3) is 0 Å². The van der Waals surface area contributed by atoms with E-state index in [4.69, 9.17) is 0 Å². The molecule has 2 heterocycles. The number of hydrogen-bond acceptors (Lipinski definition) is 4. The molecule has 0 bridgehead atoms. The van der Waals surface area contributed by atoms with Crippen molar-refractivity contribution in [1.82, 2.24) is 4.90 Å². The monoisotopic (exact) mass is 177 g/mol. The number of nitrogens with zero attached hydrogens (tertiary/aromatic N) is 1. The highest BCUT2D eigenvalue weighted by Gasteiger charge is 2.43. The molecule has 2 atom stereocenters. The summed E-state index contributed by atoms with van der Waals surface area (Å²) in [6, 6.07) is -0.111. The van der Waals surface area contributed by atoms with Crippen molar-refractivity contribution in [2.75, 3.05) is 24.6 Å². The lowest BCUT2D eigenvalue weighted by Gasteiger charge is -2.12. The molecule has 0 unspecified atom stereocenters. The quantitative estimate of drug-likeness (QED) is 0.493. The number of hydrogen-bond donors (Lipinski definition) is 1. The van der Waals surface area contributed by atoms with E-state index in [-0.39, 0.29) is 17.5 Å². The van der Waals surface area contributed by atoms with E-state index in [0.29, 0.717) is 0 Å². The SMILES string of the molecule is O=S1(=O)C[C@@H](O)[C@H](N2CC2)C1. The average molecular weight is 177 g/mol. The largest absolute Gasteiger partial charge is 0.390 e. The highest BCUT2D eigenvalue weighted by atomic mass is 32.2. The molecular formula is C6H11NO3S. The van der Waals surface area contributed by atoms with Crippen LogP contribution < -0.4 is 0 Å². The molecule has 0 amide bonds. The second kappa shape index (κ2) is 2.18. The lowest BCUT2D eigenvalue weighted by Crippen LogP contribution is -2.31. The van der Waals surface area contributed by atoms with Crippen molar-refractivity contribution >= 4 is 9.84 Å². The van der Waals surface area contributed by atoms with Gasteiger partial charge in [0.05, 0.1) is 23.7 Å². The maximum atomic E-state index is 11.0. The van der Waals surface area contributed by atoms with Gasteiger partial charge in [-0.05, 0) is 0 Å². The van der Waals surface area contributed by atoms with Crippen LogP contribution in [0.25, 0.3) is 0 Å². The molecule has 0 aromatic heterocycles. The fourth-order valence-electron chi connectivity index (χ4n) is 1.55. The topological polar surface area (TPSA) is 57.4 Å². The van der Waals surface area contributed by atoms with Crippen LogP contribution in [-0.4, -0.2) is 55.2 Å². The summed E-state index contributed by atoms with van der Waals surface area (Å²) in [5, 5.41) is 9.31. The molecule has 2 rings (SSSR count). The Hall–Kier alpha value is -0.130. The van der Waals surface area contributed by atoms with Gasteiger partial charge in [-0.3, -0.25) is 4.90 Å². The third-order valence-corrected chi connectivity index (χ3v) is 3.94. The van der Waals surface area contributed by atoms with Crippen molar-refractivity contribution in [1.29, 1.82) is 0 Å². The van der Waals surface area contributed by atoms with Gasteiger partial charge in [0.1, 0.15) is 0 Å². The summed E-state index contributed by atoms with van der Waals surface area (Å²) >= 11 is 0. The molecule has 0 aromatic rings. The van der Waals surface area contributed by atoms with Crippen LogP contribution in [0, 0.1) is 0 Å². The van der Waals surface area contributed by atoms with Gasteiger partial charge in [-0.2, -0.15) is 0 Å². The van der Waals surface area contributed by atoms with E-state index >= 15 is 0 Å². The second-order valence-corrected chi connectivity index (χ2v) is 5.40. The number of sulfone groups is 1. The van der Waals surface area contributed by atoms with Crippen LogP contribution in [0.2, 0.25) is 0 Å². The van der Waals surface area contributed by atoms with Crippen LogP contribution in [0.15, 0.2) is 0 Å². The van der Waals surface area contributed by atoms with E-state index in [9.17, 15) is 13.5 Å². The molecule has 0 spiro atoms. The first-order valence-corrected chi connectivity index (χ1v) is 5.53. The Kier molecular flexibility index (Phi) is 1.49. The summed E-state index contributed by atoms with van der Waals surface area (Å²) in [6.45, 7) is 1.88. The average Bonchev–Trinajstić information content (AvgIpc) is 2.59.